The number of esters is 1. The van der Waals surface area contributed by atoms with Crippen molar-refractivity contribution in [2.24, 2.45) is 5.92 Å². The molecule has 0 aromatic heterocycles. The van der Waals surface area contributed by atoms with E-state index in [2.05, 4.69) is 11.9 Å². The third-order valence-electron chi connectivity index (χ3n) is 2.06. The molecule has 1 amide bonds. The minimum absolute atomic E-state index is 0.206. The van der Waals surface area contributed by atoms with Crippen LogP contribution in [0.3, 0.4) is 0 Å². The van der Waals surface area contributed by atoms with Gasteiger partial charge in [-0.25, -0.2) is 4.79 Å². The SMILES string of the molecule is C=CCC(=O)N[C@@H](CC(C)C)C(=O)OC(C)(C)C. The molecule has 0 rings (SSSR count). The second-order valence-electron chi connectivity index (χ2n) is 5.78. The van der Waals surface area contributed by atoms with Crippen LogP contribution in [0.4, 0.5) is 0 Å². The Morgan fingerprint density at radius 1 is 1.33 bits per heavy atom. The summed E-state index contributed by atoms with van der Waals surface area (Å²) in [5.41, 5.74) is -0.546. The normalized spacial score (nSPS) is 13.0. The van der Waals surface area contributed by atoms with Crippen LogP contribution in [0, 0.1) is 5.92 Å². The fraction of sp³-hybridized carbons (Fsp3) is 0.714. The number of carbonyl (C=O) groups is 2. The summed E-state index contributed by atoms with van der Waals surface area (Å²) >= 11 is 0. The van der Waals surface area contributed by atoms with Gasteiger partial charge < -0.3 is 10.1 Å². The molecule has 0 aromatic carbocycles. The van der Waals surface area contributed by atoms with Crippen molar-refractivity contribution in [3.8, 4) is 0 Å². The first-order valence-corrected chi connectivity index (χ1v) is 6.29. The quantitative estimate of drug-likeness (QED) is 0.586. The monoisotopic (exact) mass is 255 g/mol. The van der Waals surface area contributed by atoms with Gasteiger partial charge >= 0.3 is 5.97 Å². The summed E-state index contributed by atoms with van der Waals surface area (Å²) in [5.74, 6) is -0.290. The van der Waals surface area contributed by atoms with Gasteiger partial charge in [0.15, 0.2) is 0 Å². The molecule has 0 aliphatic carbocycles. The molecule has 0 heterocycles. The zero-order valence-corrected chi connectivity index (χ0v) is 12.1. The van der Waals surface area contributed by atoms with E-state index >= 15 is 0 Å². The molecule has 4 heteroatoms. The summed E-state index contributed by atoms with van der Waals surface area (Å²) in [7, 11) is 0. The number of nitrogens with one attached hydrogen (secondary N) is 1. The average molecular weight is 255 g/mol. The number of rotatable bonds is 6. The van der Waals surface area contributed by atoms with Crippen LogP contribution in [0.5, 0.6) is 0 Å². The molecule has 0 saturated heterocycles. The molecular weight excluding hydrogens is 230 g/mol. The van der Waals surface area contributed by atoms with Crippen molar-refractivity contribution in [1.29, 1.82) is 0 Å². The second-order valence-corrected chi connectivity index (χ2v) is 5.78. The first-order valence-electron chi connectivity index (χ1n) is 6.29. The highest BCUT2D eigenvalue weighted by molar-refractivity contribution is 5.85. The molecule has 0 unspecified atom stereocenters. The van der Waals surface area contributed by atoms with Gasteiger partial charge in [-0.1, -0.05) is 19.9 Å². The standard InChI is InChI=1S/C14H25NO3/c1-7-8-12(16)15-11(9-10(2)3)13(17)18-14(4,5)6/h7,10-11H,1,8-9H2,2-6H3,(H,15,16)/t11-/m0/s1. The fourth-order valence-corrected chi connectivity index (χ4v) is 1.44. The molecule has 0 fully saturated rings. The van der Waals surface area contributed by atoms with Crippen molar-refractivity contribution in [2.75, 3.05) is 0 Å². The minimum Gasteiger partial charge on any atom is -0.458 e. The molecule has 104 valence electrons. The Balaban J connectivity index is 4.61. The Morgan fingerprint density at radius 2 is 1.89 bits per heavy atom. The van der Waals surface area contributed by atoms with Crippen LogP contribution < -0.4 is 5.32 Å². The highest BCUT2D eigenvalue weighted by Crippen LogP contribution is 2.13. The van der Waals surface area contributed by atoms with Crippen LogP contribution in [0.15, 0.2) is 12.7 Å². The van der Waals surface area contributed by atoms with Gasteiger partial charge in [0, 0.05) is 6.42 Å². The van der Waals surface area contributed by atoms with Crippen molar-refractivity contribution in [2.45, 2.75) is 59.1 Å². The van der Waals surface area contributed by atoms with Crippen LogP contribution >= 0.6 is 0 Å². The van der Waals surface area contributed by atoms with E-state index in [9.17, 15) is 9.59 Å². The van der Waals surface area contributed by atoms with Crippen LogP contribution in [0.2, 0.25) is 0 Å². The number of hydrogen-bond acceptors (Lipinski definition) is 3. The lowest BCUT2D eigenvalue weighted by Gasteiger charge is -2.25. The Bertz CT molecular complexity index is 303. The molecule has 1 N–H and O–H groups in total. The maximum Gasteiger partial charge on any atom is 0.329 e. The molecule has 0 spiro atoms. The molecular formula is C14H25NO3. The van der Waals surface area contributed by atoms with Crippen LogP contribution in [0.25, 0.3) is 0 Å². The van der Waals surface area contributed by atoms with Crippen molar-refractivity contribution in [3.63, 3.8) is 0 Å². The van der Waals surface area contributed by atoms with Crippen molar-refractivity contribution < 1.29 is 14.3 Å². The molecule has 18 heavy (non-hydrogen) atoms. The molecule has 1 atom stereocenters. The van der Waals surface area contributed by atoms with Gasteiger partial charge in [-0.05, 0) is 33.1 Å². The maximum absolute atomic E-state index is 12.0. The van der Waals surface area contributed by atoms with Crippen molar-refractivity contribution in [3.05, 3.63) is 12.7 Å². The smallest absolute Gasteiger partial charge is 0.329 e. The molecule has 0 radical (unpaired) electrons. The van der Waals surface area contributed by atoms with E-state index in [0.29, 0.717) is 12.3 Å². The topological polar surface area (TPSA) is 55.4 Å². The number of hydrogen-bond donors (Lipinski definition) is 1. The number of amides is 1. The van der Waals surface area contributed by atoms with E-state index in [1.54, 1.807) is 0 Å². The van der Waals surface area contributed by atoms with E-state index in [1.165, 1.54) is 6.08 Å². The first-order chi connectivity index (χ1) is 8.15. The van der Waals surface area contributed by atoms with E-state index in [4.69, 9.17) is 4.74 Å². The van der Waals surface area contributed by atoms with Gasteiger partial charge in [-0.15, -0.1) is 6.58 Å². The van der Waals surface area contributed by atoms with Gasteiger partial charge in [0.2, 0.25) is 5.91 Å². The molecule has 0 bridgehead atoms. The lowest BCUT2D eigenvalue weighted by molar-refractivity contribution is -0.159. The molecule has 0 aliphatic rings. The Labute approximate surface area is 110 Å². The van der Waals surface area contributed by atoms with Gasteiger partial charge in [0.1, 0.15) is 11.6 Å². The van der Waals surface area contributed by atoms with E-state index in [-0.39, 0.29) is 18.3 Å². The summed E-state index contributed by atoms with van der Waals surface area (Å²) in [6.45, 7) is 12.9. The highest BCUT2D eigenvalue weighted by atomic mass is 16.6. The van der Waals surface area contributed by atoms with Gasteiger partial charge in [-0.3, -0.25) is 4.79 Å². The van der Waals surface area contributed by atoms with Crippen LogP contribution in [-0.4, -0.2) is 23.5 Å². The third kappa shape index (κ3) is 7.87. The zero-order chi connectivity index (χ0) is 14.3. The summed E-state index contributed by atoms with van der Waals surface area (Å²) < 4.78 is 5.30. The maximum atomic E-state index is 12.0. The summed E-state index contributed by atoms with van der Waals surface area (Å²) in [6, 6.07) is -0.586. The fourth-order valence-electron chi connectivity index (χ4n) is 1.44. The summed E-state index contributed by atoms with van der Waals surface area (Å²) in [5, 5.41) is 2.69. The predicted molar refractivity (Wildman–Crippen MR) is 72.0 cm³/mol. The van der Waals surface area contributed by atoms with Crippen molar-refractivity contribution >= 4 is 11.9 Å². The molecule has 0 saturated carbocycles. The summed E-state index contributed by atoms with van der Waals surface area (Å²) in [4.78, 5) is 23.5. The first kappa shape index (κ1) is 16.7. The van der Waals surface area contributed by atoms with Gasteiger partial charge in [-0.2, -0.15) is 0 Å². The van der Waals surface area contributed by atoms with Gasteiger partial charge in [0.25, 0.3) is 0 Å². The molecule has 0 aromatic rings. The Hall–Kier alpha value is -1.32. The molecule has 4 nitrogen and oxygen atoms in total. The van der Waals surface area contributed by atoms with Crippen LogP contribution in [-0.2, 0) is 14.3 Å². The average Bonchev–Trinajstić information content (AvgIpc) is 2.13. The highest BCUT2D eigenvalue weighted by Gasteiger charge is 2.26. The Morgan fingerprint density at radius 3 is 2.28 bits per heavy atom. The molecule has 0 aliphatic heterocycles. The lowest BCUT2D eigenvalue weighted by atomic mass is 10.0. The predicted octanol–water partition coefficient (Wildman–Crippen LogP) is 2.44. The number of ether oxygens (including phenoxy) is 1. The number of carbonyl (C=O) groups excluding carboxylic acids is 2. The second kappa shape index (κ2) is 7.19. The van der Waals surface area contributed by atoms with E-state index in [0.717, 1.165) is 0 Å². The minimum atomic E-state index is -0.586. The van der Waals surface area contributed by atoms with E-state index in [1.807, 2.05) is 34.6 Å². The van der Waals surface area contributed by atoms with Crippen LogP contribution in [0.1, 0.15) is 47.5 Å². The summed E-state index contributed by atoms with van der Waals surface area (Å²) in [6.07, 6.45) is 2.28. The van der Waals surface area contributed by atoms with Gasteiger partial charge in [0.05, 0.1) is 0 Å². The van der Waals surface area contributed by atoms with Crippen molar-refractivity contribution in [1.82, 2.24) is 5.32 Å². The zero-order valence-electron chi connectivity index (χ0n) is 12.1. The lowest BCUT2D eigenvalue weighted by Crippen LogP contribution is -2.44. The third-order valence-corrected chi connectivity index (χ3v) is 2.06. The Kier molecular flexibility index (Phi) is 6.66. The largest absolute Gasteiger partial charge is 0.458 e. The van der Waals surface area contributed by atoms with E-state index < -0.39 is 11.6 Å².